The van der Waals surface area contributed by atoms with E-state index in [1.165, 1.54) is 0 Å². The lowest BCUT2D eigenvalue weighted by atomic mass is 10.0. The van der Waals surface area contributed by atoms with Gasteiger partial charge in [0.2, 0.25) is 0 Å². The molecule has 0 fully saturated rings. The van der Waals surface area contributed by atoms with Gasteiger partial charge in [-0.05, 0) is 16.8 Å². The van der Waals surface area contributed by atoms with Gasteiger partial charge in [0.05, 0.1) is 6.61 Å². The summed E-state index contributed by atoms with van der Waals surface area (Å²) in [5.41, 5.74) is 0.730. The molecule has 0 unspecified atom stereocenters. The topological polar surface area (TPSA) is 53.2 Å². The highest BCUT2D eigenvalue weighted by Crippen LogP contribution is 2.27. The van der Waals surface area contributed by atoms with Crippen LogP contribution in [0.5, 0.6) is 5.75 Å². The largest absolute Gasteiger partial charge is 0.478 e. The van der Waals surface area contributed by atoms with Crippen molar-refractivity contribution < 1.29 is 9.84 Å². The van der Waals surface area contributed by atoms with Gasteiger partial charge >= 0.3 is 0 Å². The molecular weight excluding hydrogens is 202 g/mol. The maximum absolute atomic E-state index is 9.35. The van der Waals surface area contributed by atoms with Crippen LogP contribution in [0.25, 0.3) is 10.8 Å². The third kappa shape index (κ3) is 1.83. The van der Waals surface area contributed by atoms with E-state index < -0.39 is 0 Å². The van der Waals surface area contributed by atoms with Gasteiger partial charge in [0.1, 0.15) is 11.8 Å². The number of hydrogen-bond donors (Lipinski definition) is 1. The van der Waals surface area contributed by atoms with Crippen molar-refractivity contribution in [3.05, 3.63) is 42.0 Å². The van der Waals surface area contributed by atoms with Crippen molar-refractivity contribution in [2.24, 2.45) is 0 Å². The molecule has 0 aliphatic carbocycles. The minimum atomic E-state index is -0.0951. The molecule has 0 saturated carbocycles. The van der Waals surface area contributed by atoms with Crippen molar-refractivity contribution >= 4 is 10.8 Å². The maximum Gasteiger partial charge on any atom is 0.174 e. The summed E-state index contributed by atoms with van der Waals surface area (Å²) in [5.74, 6) is 0.572. The van der Waals surface area contributed by atoms with Crippen LogP contribution in [0.2, 0.25) is 0 Å². The van der Waals surface area contributed by atoms with Crippen molar-refractivity contribution in [3.8, 4) is 11.8 Å². The summed E-state index contributed by atoms with van der Waals surface area (Å²) >= 11 is 0. The molecule has 0 radical (unpaired) electrons. The van der Waals surface area contributed by atoms with E-state index in [-0.39, 0.29) is 13.2 Å². The molecule has 1 N–H and O–H groups in total. The summed E-state index contributed by atoms with van der Waals surface area (Å²) in [7, 11) is 0. The third-order valence-electron chi connectivity index (χ3n) is 2.45. The van der Waals surface area contributed by atoms with Crippen molar-refractivity contribution in [1.82, 2.24) is 0 Å². The zero-order valence-electron chi connectivity index (χ0n) is 8.68. The quantitative estimate of drug-likeness (QED) is 0.850. The highest BCUT2D eigenvalue weighted by Gasteiger charge is 2.07. The van der Waals surface area contributed by atoms with Crippen molar-refractivity contribution in [1.29, 1.82) is 5.26 Å². The van der Waals surface area contributed by atoms with Gasteiger partial charge in [-0.15, -0.1) is 0 Å². The Morgan fingerprint density at radius 2 is 2.00 bits per heavy atom. The molecule has 16 heavy (non-hydrogen) atoms. The van der Waals surface area contributed by atoms with Gasteiger partial charge in [0.15, 0.2) is 6.61 Å². The summed E-state index contributed by atoms with van der Waals surface area (Å²) in [5, 5.41) is 19.8. The highest BCUT2D eigenvalue weighted by atomic mass is 16.5. The van der Waals surface area contributed by atoms with Crippen LogP contribution in [0.15, 0.2) is 36.4 Å². The van der Waals surface area contributed by atoms with Crippen LogP contribution < -0.4 is 4.74 Å². The SMILES string of the molecule is N#CCOc1ccc2ccccc2c1CO. The first-order chi connectivity index (χ1) is 7.86. The number of hydrogen-bond acceptors (Lipinski definition) is 3. The van der Waals surface area contributed by atoms with Gasteiger partial charge in [-0.3, -0.25) is 0 Å². The lowest BCUT2D eigenvalue weighted by Crippen LogP contribution is -1.98. The number of ether oxygens (including phenoxy) is 1. The van der Waals surface area contributed by atoms with E-state index in [2.05, 4.69) is 0 Å². The predicted molar refractivity (Wildman–Crippen MR) is 61.0 cm³/mol. The van der Waals surface area contributed by atoms with E-state index in [0.717, 1.165) is 16.3 Å². The molecule has 2 aromatic rings. The second-order valence-corrected chi connectivity index (χ2v) is 3.37. The number of aliphatic hydroxyl groups is 1. The number of nitriles is 1. The Hall–Kier alpha value is -2.05. The number of aliphatic hydroxyl groups excluding tert-OH is 1. The van der Waals surface area contributed by atoms with Gasteiger partial charge in [0, 0.05) is 5.56 Å². The zero-order valence-corrected chi connectivity index (χ0v) is 8.68. The molecule has 3 heteroatoms. The Labute approximate surface area is 93.5 Å². The Morgan fingerprint density at radius 3 is 2.75 bits per heavy atom. The average Bonchev–Trinajstić information content (AvgIpc) is 2.35. The van der Waals surface area contributed by atoms with Crippen LogP contribution >= 0.6 is 0 Å². The summed E-state index contributed by atoms with van der Waals surface area (Å²) in [6.45, 7) is -0.104. The fourth-order valence-electron chi connectivity index (χ4n) is 1.72. The van der Waals surface area contributed by atoms with Crippen molar-refractivity contribution in [3.63, 3.8) is 0 Å². The lowest BCUT2D eigenvalue weighted by Gasteiger charge is -2.10. The first-order valence-electron chi connectivity index (χ1n) is 4.98. The fraction of sp³-hybridized carbons (Fsp3) is 0.154. The first-order valence-corrected chi connectivity index (χ1v) is 4.98. The van der Waals surface area contributed by atoms with Crippen LogP contribution in [-0.2, 0) is 6.61 Å². The van der Waals surface area contributed by atoms with Crippen LogP contribution in [0.4, 0.5) is 0 Å². The minimum absolute atomic E-state index is 0.00859. The van der Waals surface area contributed by atoms with Gasteiger partial charge in [0.25, 0.3) is 0 Å². The summed E-state index contributed by atoms with van der Waals surface area (Å²) in [6.07, 6.45) is 0. The maximum atomic E-state index is 9.35. The van der Waals surface area contributed by atoms with E-state index in [1.54, 1.807) is 6.07 Å². The first kappa shape index (κ1) is 10.5. The van der Waals surface area contributed by atoms with Gasteiger partial charge in [-0.1, -0.05) is 30.3 Å². The third-order valence-corrected chi connectivity index (χ3v) is 2.45. The van der Waals surface area contributed by atoms with Crippen LogP contribution in [0, 0.1) is 11.3 Å². The number of rotatable bonds is 3. The molecule has 2 rings (SSSR count). The second kappa shape index (κ2) is 4.65. The van der Waals surface area contributed by atoms with Crippen molar-refractivity contribution in [2.75, 3.05) is 6.61 Å². The molecule has 0 bridgehead atoms. The second-order valence-electron chi connectivity index (χ2n) is 3.37. The molecule has 0 aliphatic rings. The fourth-order valence-corrected chi connectivity index (χ4v) is 1.72. The minimum Gasteiger partial charge on any atom is -0.478 e. The number of fused-ring (bicyclic) bond motifs is 1. The molecule has 0 spiro atoms. The molecule has 0 atom stereocenters. The Balaban J connectivity index is 2.55. The van der Waals surface area contributed by atoms with Crippen LogP contribution in [0.1, 0.15) is 5.56 Å². The summed E-state index contributed by atoms with van der Waals surface area (Å²) < 4.78 is 5.26. The van der Waals surface area contributed by atoms with Crippen LogP contribution in [0.3, 0.4) is 0 Å². The van der Waals surface area contributed by atoms with E-state index in [9.17, 15) is 5.11 Å². The number of benzene rings is 2. The molecule has 0 aliphatic heterocycles. The van der Waals surface area contributed by atoms with E-state index >= 15 is 0 Å². The summed E-state index contributed by atoms with van der Waals surface area (Å²) in [6, 6.07) is 13.4. The molecule has 0 amide bonds. The smallest absolute Gasteiger partial charge is 0.174 e. The van der Waals surface area contributed by atoms with Gasteiger partial charge in [-0.2, -0.15) is 5.26 Å². The van der Waals surface area contributed by atoms with Gasteiger partial charge < -0.3 is 9.84 Å². The van der Waals surface area contributed by atoms with E-state index in [0.29, 0.717) is 5.75 Å². The monoisotopic (exact) mass is 213 g/mol. The predicted octanol–water partition coefficient (Wildman–Crippen LogP) is 2.23. The Bertz CT molecular complexity index is 543. The van der Waals surface area contributed by atoms with E-state index in [1.807, 2.05) is 36.4 Å². The molecular formula is C13H11NO2. The highest BCUT2D eigenvalue weighted by molar-refractivity contribution is 5.87. The van der Waals surface area contributed by atoms with Crippen molar-refractivity contribution in [2.45, 2.75) is 6.61 Å². The average molecular weight is 213 g/mol. The molecule has 0 heterocycles. The van der Waals surface area contributed by atoms with Gasteiger partial charge in [-0.25, -0.2) is 0 Å². The Morgan fingerprint density at radius 1 is 1.19 bits per heavy atom. The molecule has 80 valence electrons. The zero-order chi connectivity index (χ0) is 11.4. The molecule has 3 nitrogen and oxygen atoms in total. The molecule has 0 saturated heterocycles. The lowest BCUT2D eigenvalue weighted by molar-refractivity contribution is 0.272. The summed E-state index contributed by atoms with van der Waals surface area (Å²) in [4.78, 5) is 0. The van der Waals surface area contributed by atoms with Crippen LogP contribution in [-0.4, -0.2) is 11.7 Å². The number of nitrogens with zero attached hydrogens (tertiary/aromatic N) is 1. The Kier molecular flexibility index (Phi) is 3.04. The normalized spacial score (nSPS) is 10.0. The standard InChI is InChI=1S/C13H11NO2/c14-7-8-16-13-6-5-10-3-1-2-4-11(10)12(13)9-15/h1-6,15H,8-9H2. The van der Waals surface area contributed by atoms with E-state index in [4.69, 9.17) is 10.00 Å². The molecule has 0 aromatic heterocycles. The molecule has 2 aromatic carbocycles.